The molecule has 0 radical (unpaired) electrons. The summed E-state index contributed by atoms with van der Waals surface area (Å²) in [5.41, 5.74) is 7.94. The Morgan fingerprint density at radius 3 is 2.33 bits per heavy atom. The zero-order chi connectivity index (χ0) is 12.1. The maximum Gasteiger partial charge on any atom is 0.0220 e. The van der Waals surface area contributed by atoms with E-state index in [4.69, 9.17) is 5.73 Å². The number of rotatable bonds is 4. The lowest BCUT2D eigenvalue weighted by Crippen LogP contribution is -2.48. The molecule has 1 aromatic carbocycles. The predicted octanol–water partition coefficient (Wildman–Crippen LogP) is 4.11. The Morgan fingerprint density at radius 2 is 1.78 bits per heavy atom. The fourth-order valence-corrected chi connectivity index (χ4v) is 2.97. The predicted molar refractivity (Wildman–Crippen MR) is 81.1 cm³/mol. The van der Waals surface area contributed by atoms with Crippen LogP contribution in [0.4, 0.5) is 0 Å². The van der Waals surface area contributed by atoms with Crippen molar-refractivity contribution in [3.63, 3.8) is 0 Å². The third-order valence-corrected chi connectivity index (χ3v) is 4.11. The van der Waals surface area contributed by atoms with Gasteiger partial charge in [0.15, 0.2) is 0 Å². The summed E-state index contributed by atoms with van der Waals surface area (Å²) in [5.74, 6) is 0.408. The summed E-state index contributed by atoms with van der Waals surface area (Å²) in [5, 5.41) is 0. The molecule has 1 aliphatic rings. The highest BCUT2D eigenvalue weighted by atomic mass is 35.5. The average molecular weight is 266 g/mol. The molecule has 0 spiro atoms. The van der Waals surface area contributed by atoms with Crippen LogP contribution in [0.15, 0.2) is 43.0 Å². The van der Waals surface area contributed by atoms with E-state index in [1.54, 1.807) is 0 Å². The summed E-state index contributed by atoms with van der Waals surface area (Å²) in [6.45, 7) is 4.00. The molecule has 0 aromatic heterocycles. The van der Waals surface area contributed by atoms with E-state index in [-0.39, 0.29) is 17.9 Å². The molecule has 1 nitrogen and oxygen atoms in total. The van der Waals surface area contributed by atoms with Gasteiger partial charge < -0.3 is 5.73 Å². The van der Waals surface area contributed by atoms with E-state index in [9.17, 15) is 0 Å². The molecule has 0 heterocycles. The van der Waals surface area contributed by atoms with E-state index in [0.717, 1.165) is 19.3 Å². The van der Waals surface area contributed by atoms with Crippen molar-refractivity contribution in [2.45, 2.75) is 44.1 Å². The molecule has 100 valence electrons. The van der Waals surface area contributed by atoms with Crippen LogP contribution in [0.25, 0.3) is 0 Å². The van der Waals surface area contributed by atoms with Crippen LogP contribution >= 0.6 is 12.4 Å². The zero-order valence-electron chi connectivity index (χ0n) is 11.0. The minimum atomic E-state index is -0.0180. The third-order valence-electron chi connectivity index (χ3n) is 4.11. The summed E-state index contributed by atoms with van der Waals surface area (Å²) in [6, 6.07) is 10.6. The van der Waals surface area contributed by atoms with Gasteiger partial charge in [0.05, 0.1) is 0 Å². The summed E-state index contributed by atoms with van der Waals surface area (Å²) < 4.78 is 0. The zero-order valence-corrected chi connectivity index (χ0v) is 11.8. The molecule has 2 heteroatoms. The lowest BCUT2D eigenvalue weighted by atomic mass is 9.71. The summed E-state index contributed by atoms with van der Waals surface area (Å²) in [6.07, 6.45) is 9.28. The fraction of sp³-hybridized carbons (Fsp3) is 0.500. The van der Waals surface area contributed by atoms with E-state index in [2.05, 4.69) is 43.0 Å². The number of nitrogens with two attached hydrogens (primary N) is 1. The Morgan fingerprint density at radius 1 is 1.17 bits per heavy atom. The number of benzene rings is 1. The van der Waals surface area contributed by atoms with Crippen molar-refractivity contribution in [1.82, 2.24) is 0 Å². The second kappa shape index (κ2) is 6.96. The van der Waals surface area contributed by atoms with Crippen LogP contribution in [0.1, 0.15) is 37.7 Å². The normalized spacial score (nSPS) is 19.6. The van der Waals surface area contributed by atoms with E-state index in [1.165, 1.54) is 24.8 Å². The van der Waals surface area contributed by atoms with Crippen LogP contribution < -0.4 is 5.73 Å². The highest BCUT2D eigenvalue weighted by Crippen LogP contribution is 2.34. The number of hydrogen-bond acceptors (Lipinski definition) is 1. The molecule has 1 aliphatic carbocycles. The van der Waals surface area contributed by atoms with Gasteiger partial charge in [0.1, 0.15) is 0 Å². The van der Waals surface area contributed by atoms with E-state index < -0.39 is 0 Å². The molecule has 1 fully saturated rings. The van der Waals surface area contributed by atoms with Crippen molar-refractivity contribution in [3.05, 3.63) is 48.6 Å². The van der Waals surface area contributed by atoms with Crippen LogP contribution in [-0.2, 0) is 6.42 Å². The number of halogens is 1. The molecule has 0 bridgehead atoms. The Kier molecular flexibility index (Phi) is 5.90. The van der Waals surface area contributed by atoms with Crippen molar-refractivity contribution >= 4 is 12.4 Å². The monoisotopic (exact) mass is 265 g/mol. The highest BCUT2D eigenvalue weighted by molar-refractivity contribution is 5.85. The molecule has 1 atom stereocenters. The fourth-order valence-electron chi connectivity index (χ4n) is 2.97. The first-order chi connectivity index (χ1) is 8.24. The summed E-state index contributed by atoms with van der Waals surface area (Å²) >= 11 is 0. The van der Waals surface area contributed by atoms with Crippen molar-refractivity contribution in [3.8, 4) is 0 Å². The molecule has 18 heavy (non-hydrogen) atoms. The van der Waals surface area contributed by atoms with Gasteiger partial charge in [-0.3, -0.25) is 0 Å². The molecule has 2 rings (SSSR count). The van der Waals surface area contributed by atoms with Gasteiger partial charge in [-0.05, 0) is 30.7 Å². The first-order valence-electron chi connectivity index (χ1n) is 6.70. The lowest BCUT2D eigenvalue weighted by Gasteiger charge is -2.39. The van der Waals surface area contributed by atoms with Gasteiger partial charge in [0.25, 0.3) is 0 Å². The first-order valence-corrected chi connectivity index (χ1v) is 6.70. The standard InChI is InChI=1S/C16H23N.ClH/c1-2-15(13-14-9-5-3-6-10-14)16(17)11-7-4-8-12-16;/h2-3,5-6,9-10,15H,1,4,7-8,11-13,17H2;1H. The molecular weight excluding hydrogens is 242 g/mol. The Bertz CT molecular complexity index is 355. The van der Waals surface area contributed by atoms with E-state index >= 15 is 0 Å². The maximum absolute atomic E-state index is 6.59. The largest absolute Gasteiger partial charge is 0.325 e. The van der Waals surface area contributed by atoms with Gasteiger partial charge in [0.2, 0.25) is 0 Å². The molecule has 1 aromatic rings. The van der Waals surface area contributed by atoms with Gasteiger partial charge in [-0.15, -0.1) is 19.0 Å². The quantitative estimate of drug-likeness (QED) is 0.815. The van der Waals surface area contributed by atoms with Crippen molar-refractivity contribution in [1.29, 1.82) is 0 Å². The molecule has 0 aliphatic heterocycles. The molecule has 2 N–H and O–H groups in total. The SMILES string of the molecule is C=CC(Cc1ccccc1)C1(N)CCCCC1.Cl. The molecule has 0 amide bonds. The second-order valence-electron chi connectivity index (χ2n) is 5.33. The smallest absolute Gasteiger partial charge is 0.0220 e. The van der Waals surface area contributed by atoms with Crippen LogP contribution in [0.5, 0.6) is 0 Å². The van der Waals surface area contributed by atoms with Crippen LogP contribution in [0, 0.1) is 5.92 Å². The molecule has 0 saturated heterocycles. The lowest BCUT2D eigenvalue weighted by molar-refractivity contribution is 0.227. The Labute approximate surface area is 117 Å². The topological polar surface area (TPSA) is 26.0 Å². The molecule has 1 saturated carbocycles. The van der Waals surface area contributed by atoms with Gasteiger partial charge in [-0.1, -0.05) is 55.7 Å². The van der Waals surface area contributed by atoms with Crippen molar-refractivity contribution < 1.29 is 0 Å². The van der Waals surface area contributed by atoms with Crippen LogP contribution in [0.2, 0.25) is 0 Å². The van der Waals surface area contributed by atoms with Crippen LogP contribution in [0.3, 0.4) is 0 Å². The average Bonchev–Trinajstić information content (AvgIpc) is 2.38. The third kappa shape index (κ3) is 3.60. The van der Waals surface area contributed by atoms with Gasteiger partial charge in [-0.2, -0.15) is 0 Å². The molecule has 1 unspecified atom stereocenters. The molecular formula is C16H24ClN. The van der Waals surface area contributed by atoms with E-state index in [1.807, 2.05) is 0 Å². The summed E-state index contributed by atoms with van der Waals surface area (Å²) in [7, 11) is 0. The highest BCUT2D eigenvalue weighted by Gasteiger charge is 2.34. The second-order valence-corrected chi connectivity index (χ2v) is 5.33. The Balaban J connectivity index is 0.00000162. The van der Waals surface area contributed by atoms with Crippen LogP contribution in [-0.4, -0.2) is 5.54 Å². The summed E-state index contributed by atoms with van der Waals surface area (Å²) in [4.78, 5) is 0. The minimum absolute atomic E-state index is 0. The maximum atomic E-state index is 6.59. The Hall–Kier alpha value is -0.790. The van der Waals surface area contributed by atoms with Gasteiger partial charge >= 0.3 is 0 Å². The van der Waals surface area contributed by atoms with Gasteiger partial charge in [-0.25, -0.2) is 0 Å². The first kappa shape index (κ1) is 15.3. The number of hydrogen-bond donors (Lipinski definition) is 1. The van der Waals surface area contributed by atoms with Crippen molar-refractivity contribution in [2.75, 3.05) is 0 Å². The van der Waals surface area contributed by atoms with E-state index in [0.29, 0.717) is 5.92 Å². The van der Waals surface area contributed by atoms with Gasteiger partial charge in [0, 0.05) is 5.54 Å². The van der Waals surface area contributed by atoms with Crippen molar-refractivity contribution in [2.24, 2.45) is 11.7 Å². The minimum Gasteiger partial charge on any atom is -0.325 e.